The minimum absolute atomic E-state index is 0.00136. The van der Waals surface area contributed by atoms with Crippen LogP contribution in [0.1, 0.15) is 61.0 Å². The number of Topliss-reactive ketones (excluding diaryl/α,β-unsaturated/α-hetero) is 1. The Hall–Kier alpha value is -3.69. The number of ketones is 2. The van der Waals surface area contributed by atoms with Crippen LogP contribution in [0.5, 0.6) is 5.75 Å². The van der Waals surface area contributed by atoms with Gasteiger partial charge < -0.3 is 20.1 Å². The number of hydrogen-bond donors (Lipinski definition) is 3. The number of hydrogen-bond acceptors (Lipinski definition) is 6. The number of benzene rings is 2. The number of alkyl halides is 2. The van der Waals surface area contributed by atoms with E-state index in [9.17, 15) is 29.7 Å². The third kappa shape index (κ3) is 4.01. The zero-order chi connectivity index (χ0) is 31.7. The first kappa shape index (κ1) is 30.3. The summed E-state index contributed by atoms with van der Waals surface area (Å²) in [6.45, 7) is 2.51. The van der Waals surface area contributed by atoms with Crippen molar-refractivity contribution in [3.63, 3.8) is 0 Å². The highest BCUT2D eigenvalue weighted by Gasteiger charge is 2.75. The molecule has 0 unspecified atom stereocenters. The van der Waals surface area contributed by atoms with Crippen LogP contribution in [0.3, 0.4) is 0 Å². The molecular weight excluding hydrogens is 570 g/mol. The molecule has 232 valence electrons. The van der Waals surface area contributed by atoms with E-state index in [-0.39, 0.29) is 49.0 Å². The molecular formula is C35H36F2O7. The van der Waals surface area contributed by atoms with Crippen molar-refractivity contribution < 1.29 is 43.2 Å². The van der Waals surface area contributed by atoms with Crippen LogP contribution in [-0.4, -0.2) is 57.4 Å². The molecule has 6 rings (SSSR count). The Balaban J connectivity index is 1.48. The molecule has 0 radical (unpaired) electrons. The zero-order valence-electron chi connectivity index (χ0n) is 24.6. The van der Waals surface area contributed by atoms with Gasteiger partial charge in [0, 0.05) is 11.3 Å². The summed E-state index contributed by atoms with van der Waals surface area (Å²) in [5, 5.41) is 32.3. The second kappa shape index (κ2) is 10.4. The van der Waals surface area contributed by atoms with Crippen LogP contribution in [0.25, 0.3) is 0 Å². The van der Waals surface area contributed by atoms with Crippen LogP contribution < -0.4 is 4.74 Å². The summed E-state index contributed by atoms with van der Waals surface area (Å²) in [5.41, 5.74) is -5.98. The van der Waals surface area contributed by atoms with Crippen molar-refractivity contribution in [3.05, 3.63) is 89.0 Å². The Morgan fingerprint density at radius 1 is 1.09 bits per heavy atom. The number of ether oxygens (including phenoxy) is 1. The van der Waals surface area contributed by atoms with Gasteiger partial charge in [-0.2, -0.15) is 0 Å². The van der Waals surface area contributed by atoms with E-state index < -0.39 is 70.2 Å². The van der Waals surface area contributed by atoms with Crippen molar-refractivity contribution >= 4 is 17.5 Å². The molecule has 3 N–H and O–H groups in total. The lowest BCUT2D eigenvalue weighted by molar-refractivity contribution is -0.205. The fourth-order valence-electron chi connectivity index (χ4n) is 9.31. The van der Waals surface area contributed by atoms with Crippen molar-refractivity contribution in [2.75, 3.05) is 6.61 Å². The van der Waals surface area contributed by atoms with Gasteiger partial charge in [0.25, 0.3) is 0 Å². The molecule has 0 heterocycles. The highest BCUT2D eigenvalue weighted by molar-refractivity contribution is 6.01. The lowest BCUT2D eigenvalue weighted by Crippen LogP contribution is -2.69. The van der Waals surface area contributed by atoms with Crippen LogP contribution in [0.15, 0.2) is 72.3 Å². The number of fused-ring (bicyclic) bond motifs is 5. The molecule has 9 heteroatoms. The third-order valence-electron chi connectivity index (χ3n) is 11.4. The largest absolute Gasteiger partial charge is 0.489 e. The summed E-state index contributed by atoms with van der Waals surface area (Å²) >= 11 is 0. The van der Waals surface area contributed by atoms with Gasteiger partial charge in [-0.25, -0.2) is 13.6 Å². The van der Waals surface area contributed by atoms with E-state index in [1.807, 2.05) is 30.3 Å². The topological polar surface area (TPSA) is 121 Å². The number of allylic oxidation sites excluding steroid dienone is 4. The van der Waals surface area contributed by atoms with E-state index in [0.717, 1.165) is 11.6 Å². The molecule has 3 saturated carbocycles. The Kier molecular flexibility index (Phi) is 7.20. The molecule has 2 aromatic rings. The summed E-state index contributed by atoms with van der Waals surface area (Å²) in [4.78, 5) is 38.7. The van der Waals surface area contributed by atoms with Gasteiger partial charge in [-0.3, -0.25) is 9.59 Å². The number of aromatic carboxylic acids is 1. The standard InChI is InChI=1S/C35H36F2O7/c1-32-12-10-21(39)14-27(32)28(36)16-26-24-11-13-34(30(41)18-38,33(24,2)17-29(40)35(26,32)37)25-15-22(8-9-23(25)31(42)43)44-19-20-6-4-3-5-7-20/h3-10,12,14-15,24,26,28-29,38,40H,11,13,16-19H2,1-2H3,(H,42,43)/t24-,26-,28-,29-,32-,33-,34-,35-/m0/s1. The molecule has 0 saturated heterocycles. The fraction of sp³-hybridized carbons (Fsp3) is 0.457. The van der Waals surface area contributed by atoms with Gasteiger partial charge in [-0.05, 0) is 91.0 Å². The van der Waals surface area contributed by atoms with Crippen molar-refractivity contribution in [1.29, 1.82) is 0 Å². The maximum Gasteiger partial charge on any atom is 0.336 e. The molecule has 2 aromatic carbocycles. The molecule has 0 aromatic heterocycles. The summed E-state index contributed by atoms with van der Waals surface area (Å²) in [6.07, 6.45) is 0.118. The van der Waals surface area contributed by atoms with E-state index in [1.54, 1.807) is 6.92 Å². The average Bonchev–Trinajstić information content (AvgIpc) is 3.31. The second-order valence-electron chi connectivity index (χ2n) is 13.2. The molecule has 4 aliphatic carbocycles. The first-order valence-corrected chi connectivity index (χ1v) is 15.0. The number of carbonyl (C=O) groups excluding carboxylic acids is 2. The van der Waals surface area contributed by atoms with Crippen LogP contribution in [0, 0.1) is 22.7 Å². The Labute approximate surface area is 254 Å². The third-order valence-corrected chi connectivity index (χ3v) is 11.4. The normalized spacial score (nSPS) is 37.4. The molecule has 4 aliphatic rings. The predicted molar refractivity (Wildman–Crippen MR) is 157 cm³/mol. The number of carbonyl (C=O) groups is 3. The van der Waals surface area contributed by atoms with Gasteiger partial charge in [0.1, 0.15) is 25.1 Å². The minimum Gasteiger partial charge on any atom is -0.489 e. The van der Waals surface area contributed by atoms with Gasteiger partial charge in [-0.1, -0.05) is 43.3 Å². The van der Waals surface area contributed by atoms with Crippen molar-refractivity contribution in [2.45, 2.75) is 69.5 Å². The summed E-state index contributed by atoms with van der Waals surface area (Å²) in [5.74, 6) is -3.77. The van der Waals surface area contributed by atoms with Gasteiger partial charge >= 0.3 is 5.97 Å². The smallest absolute Gasteiger partial charge is 0.336 e. The number of rotatable bonds is 7. The highest BCUT2D eigenvalue weighted by atomic mass is 19.1. The van der Waals surface area contributed by atoms with Crippen molar-refractivity contribution in [2.24, 2.45) is 22.7 Å². The second-order valence-corrected chi connectivity index (χ2v) is 13.2. The van der Waals surface area contributed by atoms with Gasteiger partial charge in [-0.15, -0.1) is 0 Å². The molecule has 3 fully saturated rings. The quantitative estimate of drug-likeness (QED) is 0.402. The summed E-state index contributed by atoms with van der Waals surface area (Å²) < 4.78 is 39.5. The van der Waals surface area contributed by atoms with Crippen LogP contribution in [-0.2, 0) is 21.6 Å². The molecule has 0 bridgehead atoms. The van der Waals surface area contributed by atoms with E-state index in [1.165, 1.54) is 37.3 Å². The first-order valence-electron chi connectivity index (χ1n) is 15.0. The van der Waals surface area contributed by atoms with Crippen LogP contribution >= 0.6 is 0 Å². The van der Waals surface area contributed by atoms with E-state index in [2.05, 4.69) is 0 Å². The Morgan fingerprint density at radius 3 is 2.50 bits per heavy atom. The first-order chi connectivity index (χ1) is 20.8. The van der Waals surface area contributed by atoms with Crippen molar-refractivity contribution in [3.8, 4) is 5.75 Å². The summed E-state index contributed by atoms with van der Waals surface area (Å²) in [6, 6.07) is 13.7. The zero-order valence-corrected chi connectivity index (χ0v) is 24.6. The molecule has 0 aliphatic heterocycles. The number of carboxylic acids is 1. The minimum atomic E-state index is -2.35. The number of halogens is 2. The van der Waals surface area contributed by atoms with Crippen LogP contribution in [0.2, 0.25) is 0 Å². The van der Waals surface area contributed by atoms with E-state index in [0.29, 0.717) is 5.75 Å². The number of carboxylic acid groups (broad SMARTS) is 1. The molecule has 44 heavy (non-hydrogen) atoms. The Bertz CT molecular complexity index is 1590. The Morgan fingerprint density at radius 2 is 1.82 bits per heavy atom. The van der Waals surface area contributed by atoms with Crippen molar-refractivity contribution in [1.82, 2.24) is 0 Å². The maximum atomic E-state index is 17.6. The average molecular weight is 607 g/mol. The van der Waals surface area contributed by atoms with Crippen LogP contribution in [0.4, 0.5) is 8.78 Å². The molecule has 0 amide bonds. The SMILES string of the molecule is C[C@]12C=CC(=O)C=C1[C@@H](F)C[C@H]1[C@@H]3CC[C@@](C(=O)CO)(c4cc(OCc5ccccc5)ccc4C(=O)O)[C@@]3(C)C[C@H](O)[C@@]12F. The number of aliphatic hydroxyl groups is 2. The van der Waals surface area contributed by atoms with Gasteiger partial charge in [0.2, 0.25) is 0 Å². The maximum absolute atomic E-state index is 17.6. The lowest BCUT2D eigenvalue weighted by atomic mass is 9.42. The predicted octanol–water partition coefficient (Wildman–Crippen LogP) is 5.08. The van der Waals surface area contributed by atoms with E-state index >= 15 is 8.78 Å². The lowest BCUT2D eigenvalue weighted by Gasteiger charge is -2.63. The van der Waals surface area contributed by atoms with Gasteiger partial charge in [0.15, 0.2) is 17.2 Å². The number of aliphatic hydroxyl groups excluding tert-OH is 2. The fourth-order valence-corrected chi connectivity index (χ4v) is 9.31. The molecule has 7 nitrogen and oxygen atoms in total. The summed E-state index contributed by atoms with van der Waals surface area (Å²) in [7, 11) is 0. The molecule has 0 spiro atoms. The molecule has 8 atom stereocenters. The highest BCUT2D eigenvalue weighted by Crippen LogP contribution is 2.72. The van der Waals surface area contributed by atoms with Gasteiger partial charge in [0.05, 0.1) is 17.1 Å². The monoisotopic (exact) mass is 606 g/mol. The van der Waals surface area contributed by atoms with E-state index in [4.69, 9.17) is 4.74 Å².